The molecule has 3 aromatic heterocycles. The fraction of sp³-hybridized carbons (Fsp3) is 0.607. The molecule has 1 saturated heterocycles. The van der Waals surface area contributed by atoms with Crippen LogP contribution in [0.3, 0.4) is 0 Å². The number of anilines is 1. The molecule has 2 atom stereocenters. The molecule has 3 aromatic rings. The van der Waals surface area contributed by atoms with E-state index in [1.807, 2.05) is 6.92 Å². The summed E-state index contributed by atoms with van der Waals surface area (Å²) in [6.45, 7) is 1.60. The van der Waals surface area contributed by atoms with Gasteiger partial charge in [-0.2, -0.15) is 23.4 Å². The van der Waals surface area contributed by atoms with Crippen LogP contribution in [0, 0.1) is 11.8 Å². The number of carbonyl (C=O) groups excluding carboxylic acids is 2. The van der Waals surface area contributed by atoms with Crippen LogP contribution in [0.4, 0.5) is 27.6 Å². The molecule has 15 heteroatoms. The SMILES string of the molecule is CCn1nccc1C(=O)NC(c1cn2nc(CC3CCCNC3=O)c(N(C)CC(F)(F)F)cc2n1)C1CCC(F)(F)CC1. The highest BCUT2D eigenvalue weighted by atomic mass is 19.4. The van der Waals surface area contributed by atoms with Gasteiger partial charge in [-0.15, -0.1) is 0 Å². The van der Waals surface area contributed by atoms with E-state index >= 15 is 0 Å². The maximum atomic E-state index is 14.1. The number of amides is 2. The van der Waals surface area contributed by atoms with Gasteiger partial charge in [-0.3, -0.25) is 14.3 Å². The minimum Gasteiger partial charge on any atom is -0.364 e. The lowest BCUT2D eigenvalue weighted by Gasteiger charge is -2.33. The highest BCUT2D eigenvalue weighted by molar-refractivity contribution is 5.92. The van der Waals surface area contributed by atoms with E-state index < -0.39 is 36.5 Å². The van der Waals surface area contributed by atoms with Crippen LogP contribution in [0.25, 0.3) is 5.65 Å². The van der Waals surface area contributed by atoms with Gasteiger partial charge in [0.15, 0.2) is 5.65 Å². The first-order chi connectivity index (χ1) is 20.3. The molecule has 1 aliphatic carbocycles. The van der Waals surface area contributed by atoms with Crippen molar-refractivity contribution in [3.63, 3.8) is 0 Å². The van der Waals surface area contributed by atoms with E-state index in [-0.39, 0.29) is 55.3 Å². The number of hydrogen-bond acceptors (Lipinski definition) is 6. The van der Waals surface area contributed by atoms with Gasteiger partial charge >= 0.3 is 6.18 Å². The van der Waals surface area contributed by atoms with Gasteiger partial charge in [-0.25, -0.2) is 18.3 Å². The third kappa shape index (κ3) is 7.07. The van der Waals surface area contributed by atoms with Crippen LogP contribution in [0.15, 0.2) is 24.5 Å². The molecule has 43 heavy (non-hydrogen) atoms. The molecule has 2 N–H and O–H groups in total. The Balaban J connectivity index is 1.52. The zero-order valence-corrected chi connectivity index (χ0v) is 24.0. The second-order valence-corrected chi connectivity index (χ2v) is 11.4. The first-order valence-corrected chi connectivity index (χ1v) is 14.5. The number of alkyl halides is 5. The van der Waals surface area contributed by atoms with Crippen LogP contribution in [0.2, 0.25) is 0 Å². The number of aromatic nitrogens is 5. The fourth-order valence-electron chi connectivity index (χ4n) is 6.03. The Hall–Kier alpha value is -3.78. The predicted octanol–water partition coefficient (Wildman–Crippen LogP) is 4.31. The topological polar surface area (TPSA) is 109 Å². The molecule has 0 bridgehead atoms. The zero-order chi connectivity index (χ0) is 30.9. The summed E-state index contributed by atoms with van der Waals surface area (Å²) < 4.78 is 71.2. The largest absolute Gasteiger partial charge is 0.405 e. The number of carbonyl (C=O) groups is 2. The lowest BCUT2D eigenvalue weighted by atomic mass is 9.81. The summed E-state index contributed by atoms with van der Waals surface area (Å²) in [5.74, 6) is -4.21. The van der Waals surface area contributed by atoms with Crippen LogP contribution in [0.1, 0.15) is 73.4 Å². The Morgan fingerprint density at radius 1 is 1.26 bits per heavy atom. The van der Waals surface area contributed by atoms with Crippen molar-refractivity contribution in [2.24, 2.45) is 11.8 Å². The monoisotopic (exact) mass is 610 g/mol. The number of halogens is 5. The maximum Gasteiger partial charge on any atom is 0.405 e. The van der Waals surface area contributed by atoms with E-state index in [0.29, 0.717) is 36.6 Å². The number of fused-ring (bicyclic) bond motifs is 1. The highest BCUT2D eigenvalue weighted by Crippen LogP contribution is 2.41. The van der Waals surface area contributed by atoms with Gasteiger partial charge in [0, 0.05) is 57.6 Å². The fourth-order valence-corrected chi connectivity index (χ4v) is 6.03. The van der Waals surface area contributed by atoms with Crippen molar-refractivity contribution in [2.45, 2.75) is 76.6 Å². The van der Waals surface area contributed by atoms with Crippen LogP contribution >= 0.6 is 0 Å². The van der Waals surface area contributed by atoms with Crippen molar-refractivity contribution >= 4 is 23.1 Å². The maximum absolute atomic E-state index is 14.1. The lowest BCUT2D eigenvalue weighted by molar-refractivity contribution is -0.126. The van der Waals surface area contributed by atoms with Gasteiger partial charge in [0.1, 0.15) is 12.2 Å². The van der Waals surface area contributed by atoms with Gasteiger partial charge < -0.3 is 15.5 Å². The third-order valence-corrected chi connectivity index (χ3v) is 8.28. The van der Waals surface area contributed by atoms with Crippen molar-refractivity contribution in [3.05, 3.63) is 41.6 Å². The van der Waals surface area contributed by atoms with Crippen molar-refractivity contribution < 1.29 is 31.5 Å². The molecule has 2 amide bonds. The Bertz CT molecular complexity index is 1460. The second kappa shape index (κ2) is 12.1. The minimum atomic E-state index is -4.48. The first kappa shape index (κ1) is 30.7. The zero-order valence-electron chi connectivity index (χ0n) is 24.0. The summed E-state index contributed by atoms with van der Waals surface area (Å²) in [7, 11) is 1.30. The average molecular weight is 611 g/mol. The highest BCUT2D eigenvalue weighted by Gasteiger charge is 2.40. The third-order valence-electron chi connectivity index (χ3n) is 8.28. The number of rotatable bonds is 9. The Morgan fingerprint density at radius 2 is 2.00 bits per heavy atom. The van der Waals surface area contributed by atoms with Crippen LogP contribution < -0.4 is 15.5 Å². The lowest BCUT2D eigenvalue weighted by Crippen LogP contribution is -2.38. The Kier molecular flexibility index (Phi) is 8.61. The average Bonchev–Trinajstić information content (AvgIpc) is 3.58. The van der Waals surface area contributed by atoms with E-state index in [2.05, 4.69) is 25.8 Å². The standard InChI is InChI=1S/C28H35F5N8O2/c1-3-40-21(8-12-35-40)26(43)37-24(17-6-9-27(29,30)10-7-17)20-15-41-23(36-20)14-22(39(2)16-28(31,32)33)19(38-41)13-18-5-4-11-34-25(18)42/h8,12,14-15,17-18,24H,3-7,9-11,13,16H2,1-2H3,(H,34,42)(H,37,43). The number of nitrogens with zero attached hydrogens (tertiary/aromatic N) is 6. The van der Waals surface area contributed by atoms with E-state index in [4.69, 9.17) is 0 Å². The smallest absolute Gasteiger partial charge is 0.364 e. The molecule has 4 heterocycles. The van der Waals surface area contributed by atoms with Gasteiger partial charge in [-0.05, 0) is 44.6 Å². The second-order valence-electron chi connectivity index (χ2n) is 11.4. The van der Waals surface area contributed by atoms with Crippen molar-refractivity contribution in [2.75, 3.05) is 25.0 Å². The Morgan fingerprint density at radius 3 is 2.67 bits per heavy atom. The molecule has 2 aliphatic rings. The van der Waals surface area contributed by atoms with E-state index in [9.17, 15) is 31.5 Å². The molecule has 0 spiro atoms. The summed E-state index contributed by atoms with van der Waals surface area (Å²) in [5.41, 5.74) is 1.38. The molecule has 2 unspecified atom stereocenters. The number of aryl methyl sites for hydroxylation is 1. The van der Waals surface area contributed by atoms with Gasteiger partial charge in [0.25, 0.3) is 5.91 Å². The number of hydrogen-bond donors (Lipinski definition) is 2. The summed E-state index contributed by atoms with van der Waals surface area (Å²) in [5, 5.41) is 14.5. The van der Waals surface area contributed by atoms with Gasteiger partial charge in [-0.1, -0.05) is 0 Å². The molecule has 0 aromatic carbocycles. The molecule has 1 aliphatic heterocycles. The molecule has 10 nitrogen and oxygen atoms in total. The molecule has 2 fully saturated rings. The Labute approximate surface area is 245 Å². The molecule has 1 saturated carbocycles. The summed E-state index contributed by atoms with van der Waals surface area (Å²) in [4.78, 5) is 31.5. The molecular weight excluding hydrogens is 575 g/mol. The van der Waals surface area contributed by atoms with Gasteiger partial charge in [0.05, 0.1) is 29.3 Å². The number of imidazole rings is 1. The number of piperidine rings is 1. The predicted molar refractivity (Wildman–Crippen MR) is 147 cm³/mol. The first-order valence-electron chi connectivity index (χ1n) is 14.5. The van der Waals surface area contributed by atoms with E-state index in [0.717, 1.165) is 11.3 Å². The van der Waals surface area contributed by atoms with Crippen molar-refractivity contribution in [3.8, 4) is 0 Å². The van der Waals surface area contributed by atoms with Crippen molar-refractivity contribution in [1.82, 2.24) is 35.0 Å². The summed E-state index contributed by atoms with van der Waals surface area (Å²) >= 11 is 0. The quantitative estimate of drug-likeness (QED) is 0.350. The van der Waals surface area contributed by atoms with Crippen LogP contribution in [0.5, 0.6) is 0 Å². The number of nitrogens with one attached hydrogen (secondary N) is 2. The summed E-state index contributed by atoms with van der Waals surface area (Å²) in [6.07, 6.45) is -0.320. The molecular formula is C28H35F5N8O2. The van der Waals surface area contributed by atoms with E-state index in [1.54, 1.807) is 12.3 Å². The molecule has 234 valence electrons. The normalized spacial score (nSPS) is 20.2. The molecule has 5 rings (SSSR count). The van der Waals surface area contributed by atoms with E-state index in [1.165, 1.54) is 28.5 Å². The van der Waals surface area contributed by atoms with Gasteiger partial charge in [0.2, 0.25) is 11.8 Å². The summed E-state index contributed by atoms with van der Waals surface area (Å²) in [6, 6.07) is 2.29. The molecule has 0 radical (unpaired) electrons. The van der Waals surface area contributed by atoms with Crippen LogP contribution in [-0.2, 0) is 17.8 Å². The van der Waals surface area contributed by atoms with Crippen LogP contribution in [-0.4, -0.2) is 68.4 Å². The minimum absolute atomic E-state index is 0.131. The van der Waals surface area contributed by atoms with Crippen molar-refractivity contribution in [1.29, 1.82) is 0 Å².